The molecule has 23 heavy (non-hydrogen) atoms. The molecule has 0 aliphatic carbocycles. The number of benzene rings is 2. The first-order valence-electron chi connectivity index (χ1n) is 8.00. The number of hydrogen-bond donors (Lipinski definition) is 1. The van der Waals surface area contributed by atoms with E-state index in [4.69, 9.17) is 4.74 Å². The molecule has 0 radical (unpaired) electrons. The number of amides is 1. The van der Waals surface area contributed by atoms with Crippen molar-refractivity contribution >= 4 is 5.91 Å². The second-order valence-electron chi connectivity index (χ2n) is 5.75. The molecule has 1 fully saturated rings. The number of nitrogens with zero attached hydrogens (tertiary/aromatic N) is 1. The Morgan fingerprint density at radius 1 is 1.04 bits per heavy atom. The molecule has 0 unspecified atom stereocenters. The van der Waals surface area contributed by atoms with Crippen LogP contribution in [0.15, 0.2) is 60.7 Å². The van der Waals surface area contributed by atoms with E-state index in [9.17, 15) is 4.79 Å². The average molecular weight is 310 g/mol. The van der Waals surface area contributed by atoms with Gasteiger partial charge < -0.3 is 10.1 Å². The molecule has 1 aliphatic heterocycles. The largest absolute Gasteiger partial charge is 0.378 e. The number of ether oxygens (including phenoxy) is 1. The van der Waals surface area contributed by atoms with Gasteiger partial charge in [0.05, 0.1) is 13.2 Å². The van der Waals surface area contributed by atoms with E-state index in [1.807, 2.05) is 48.5 Å². The summed E-state index contributed by atoms with van der Waals surface area (Å²) in [4.78, 5) is 14.7. The molecule has 4 nitrogen and oxygen atoms in total. The quantitative estimate of drug-likeness (QED) is 0.920. The Kier molecular flexibility index (Phi) is 5.40. The lowest BCUT2D eigenvalue weighted by molar-refractivity contribution is -0.133. The molecular weight excluding hydrogens is 288 g/mol. The van der Waals surface area contributed by atoms with E-state index < -0.39 is 0 Å². The van der Waals surface area contributed by atoms with Gasteiger partial charge in [0.25, 0.3) is 0 Å². The van der Waals surface area contributed by atoms with Gasteiger partial charge in [0.2, 0.25) is 5.91 Å². The third-order valence-corrected chi connectivity index (χ3v) is 4.08. The van der Waals surface area contributed by atoms with E-state index in [0.717, 1.165) is 18.7 Å². The molecule has 1 saturated heterocycles. The summed E-state index contributed by atoms with van der Waals surface area (Å²) in [5.41, 5.74) is 2.32. The van der Waals surface area contributed by atoms with Crippen molar-refractivity contribution in [1.29, 1.82) is 0 Å². The monoisotopic (exact) mass is 310 g/mol. The van der Waals surface area contributed by atoms with Crippen molar-refractivity contribution in [3.8, 4) is 0 Å². The van der Waals surface area contributed by atoms with Crippen molar-refractivity contribution in [3.63, 3.8) is 0 Å². The summed E-state index contributed by atoms with van der Waals surface area (Å²) in [6.07, 6.45) is 0. The van der Waals surface area contributed by atoms with Crippen LogP contribution in [0, 0.1) is 0 Å². The zero-order chi connectivity index (χ0) is 15.9. The van der Waals surface area contributed by atoms with Crippen molar-refractivity contribution in [2.24, 2.45) is 0 Å². The standard InChI is InChI=1S/C19H22N2O2/c22-19(20-13-16-7-3-1-4-8-16)18-15-23-12-11-21(18)14-17-9-5-2-6-10-17/h1-10,18H,11-15H2,(H,20,22)/t18-/m1/s1. The van der Waals surface area contributed by atoms with Gasteiger partial charge in [0.15, 0.2) is 0 Å². The molecule has 1 amide bonds. The lowest BCUT2D eigenvalue weighted by Gasteiger charge is -2.34. The third kappa shape index (κ3) is 4.41. The molecule has 2 aromatic carbocycles. The zero-order valence-electron chi connectivity index (χ0n) is 13.2. The van der Waals surface area contributed by atoms with Crippen LogP contribution in [0.3, 0.4) is 0 Å². The number of nitrogens with one attached hydrogen (secondary N) is 1. The first-order valence-corrected chi connectivity index (χ1v) is 8.00. The minimum atomic E-state index is -0.229. The van der Waals surface area contributed by atoms with Crippen LogP contribution < -0.4 is 5.32 Å². The van der Waals surface area contributed by atoms with E-state index in [0.29, 0.717) is 19.8 Å². The van der Waals surface area contributed by atoms with Crippen molar-refractivity contribution in [2.75, 3.05) is 19.8 Å². The van der Waals surface area contributed by atoms with Crippen molar-refractivity contribution in [3.05, 3.63) is 71.8 Å². The van der Waals surface area contributed by atoms with Crippen LogP contribution in [-0.4, -0.2) is 36.6 Å². The van der Waals surface area contributed by atoms with Crippen molar-refractivity contribution in [2.45, 2.75) is 19.1 Å². The van der Waals surface area contributed by atoms with Gasteiger partial charge in [-0.1, -0.05) is 60.7 Å². The molecule has 1 heterocycles. The fraction of sp³-hybridized carbons (Fsp3) is 0.316. The summed E-state index contributed by atoms with van der Waals surface area (Å²) in [5, 5.41) is 3.02. The highest BCUT2D eigenvalue weighted by atomic mass is 16.5. The Balaban J connectivity index is 1.60. The highest BCUT2D eigenvalue weighted by molar-refractivity contribution is 5.82. The summed E-state index contributed by atoms with van der Waals surface area (Å²) >= 11 is 0. The SMILES string of the molecule is O=C(NCc1ccccc1)[C@H]1COCCN1Cc1ccccc1. The van der Waals surface area contributed by atoms with Crippen LogP contribution in [0.25, 0.3) is 0 Å². The molecule has 0 saturated carbocycles. The summed E-state index contributed by atoms with van der Waals surface area (Å²) in [6.45, 7) is 3.23. The molecule has 0 bridgehead atoms. The summed E-state index contributed by atoms with van der Waals surface area (Å²) in [7, 11) is 0. The van der Waals surface area contributed by atoms with Gasteiger partial charge in [-0.3, -0.25) is 9.69 Å². The second-order valence-corrected chi connectivity index (χ2v) is 5.75. The molecule has 3 rings (SSSR count). The minimum Gasteiger partial charge on any atom is -0.378 e. The van der Waals surface area contributed by atoms with Crippen LogP contribution in [-0.2, 0) is 22.6 Å². The lowest BCUT2D eigenvalue weighted by Crippen LogP contribution is -2.53. The number of carbonyl (C=O) groups is 1. The minimum absolute atomic E-state index is 0.0319. The Hall–Kier alpha value is -2.17. The van der Waals surface area contributed by atoms with Crippen molar-refractivity contribution < 1.29 is 9.53 Å². The molecular formula is C19H22N2O2. The van der Waals surface area contributed by atoms with E-state index >= 15 is 0 Å². The molecule has 0 spiro atoms. The summed E-state index contributed by atoms with van der Waals surface area (Å²) in [6, 6.07) is 20.0. The molecule has 1 atom stereocenters. The normalized spacial score (nSPS) is 18.5. The Bertz CT molecular complexity index is 616. The number of rotatable bonds is 5. The second kappa shape index (κ2) is 7.90. The van der Waals surface area contributed by atoms with Crippen LogP contribution in [0.4, 0.5) is 0 Å². The first kappa shape index (κ1) is 15.7. The molecule has 120 valence electrons. The lowest BCUT2D eigenvalue weighted by atomic mass is 10.1. The highest BCUT2D eigenvalue weighted by Gasteiger charge is 2.29. The molecule has 1 aliphatic rings. The highest BCUT2D eigenvalue weighted by Crippen LogP contribution is 2.13. The van der Waals surface area contributed by atoms with Crippen LogP contribution in [0.1, 0.15) is 11.1 Å². The molecule has 4 heteroatoms. The van der Waals surface area contributed by atoms with Gasteiger partial charge in [-0.15, -0.1) is 0 Å². The van der Waals surface area contributed by atoms with Crippen LogP contribution >= 0.6 is 0 Å². The predicted molar refractivity (Wildman–Crippen MR) is 89.7 cm³/mol. The Morgan fingerprint density at radius 2 is 1.70 bits per heavy atom. The zero-order valence-corrected chi connectivity index (χ0v) is 13.2. The van der Waals surface area contributed by atoms with Gasteiger partial charge in [-0.25, -0.2) is 0 Å². The smallest absolute Gasteiger partial charge is 0.240 e. The number of morpholine rings is 1. The Morgan fingerprint density at radius 3 is 2.39 bits per heavy atom. The predicted octanol–water partition coefficient (Wildman–Crippen LogP) is 2.20. The molecule has 2 aromatic rings. The summed E-state index contributed by atoms with van der Waals surface area (Å²) in [5.74, 6) is 0.0319. The fourth-order valence-corrected chi connectivity index (χ4v) is 2.79. The average Bonchev–Trinajstić information content (AvgIpc) is 2.62. The van der Waals surface area contributed by atoms with E-state index in [-0.39, 0.29) is 11.9 Å². The number of carbonyl (C=O) groups excluding carboxylic acids is 1. The fourth-order valence-electron chi connectivity index (χ4n) is 2.79. The van der Waals surface area contributed by atoms with Crippen LogP contribution in [0.5, 0.6) is 0 Å². The number of hydrogen-bond acceptors (Lipinski definition) is 3. The Labute approximate surface area is 137 Å². The van der Waals surface area contributed by atoms with E-state index in [1.54, 1.807) is 0 Å². The first-order chi connectivity index (χ1) is 11.3. The molecule has 0 aromatic heterocycles. The van der Waals surface area contributed by atoms with Crippen LogP contribution in [0.2, 0.25) is 0 Å². The summed E-state index contributed by atoms with van der Waals surface area (Å²) < 4.78 is 5.52. The van der Waals surface area contributed by atoms with Gasteiger partial charge in [0, 0.05) is 19.6 Å². The molecule has 1 N–H and O–H groups in total. The van der Waals surface area contributed by atoms with E-state index in [1.165, 1.54) is 5.56 Å². The van der Waals surface area contributed by atoms with Gasteiger partial charge in [-0.2, -0.15) is 0 Å². The maximum absolute atomic E-state index is 12.5. The van der Waals surface area contributed by atoms with E-state index in [2.05, 4.69) is 22.3 Å². The van der Waals surface area contributed by atoms with Crippen molar-refractivity contribution in [1.82, 2.24) is 10.2 Å². The maximum atomic E-state index is 12.5. The van der Waals surface area contributed by atoms with Gasteiger partial charge >= 0.3 is 0 Å². The van der Waals surface area contributed by atoms with Gasteiger partial charge in [0.1, 0.15) is 6.04 Å². The third-order valence-electron chi connectivity index (χ3n) is 4.08. The van der Waals surface area contributed by atoms with Gasteiger partial charge in [-0.05, 0) is 11.1 Å². The topological polar surface area (TPSA) is 41.6 Å². The maximum Gasteiger partial charge on any atom is 0.240 e.